The van der Waals surface area contributed by atoms with E-state index in [0.717, 1.165) is 34.5 Å². The third-order valence-electron chi connectivity index (χ3n) is 5.99. The molecule has 0 amide bonds. The van der Waals surface area contributed by atoms with Crippen molar-refractivity contribution in [3.63, 3.8) is 0 Å². The molecule has 2 aromatic carbocycles. The van der Waals surface area contributed by atoms with Gasteiger partial charge in [0.25, 0.3) is 0 Å². The summed E-state index contributed by atoms with van der Waals surface area (Å²) in [5, 5.41) is 14.1. The molecule has 0 saturated heterocycles. The van der Waals surface area contributed by atoms with Crippen molar-refractivity contribution in [1.29, 1.82) is 5.26 Å². The molecular weight excluding hydrogens is 472 g/mol. The van der Waals surface area contributed by atoms with Gasteiger partial charge in [0.1, 0.15) is 18.1 Å². The van der Waals surface area contributed by atoms with Gasteiger partial charge in [0.05, 0.1) is 41.0 Å². The summed E-state index contributed by atoms with van der Waals surface area (Å²) in [7, 11) is 0. The Labute approximate surface area is 217 Å². The van der Waals surface area contributed by atoms with Gasteiger partial charge >= 0.3 is 0 Å². The molecule has 4 rings (SSSR count). The number of aromatic nitrogens is 1. The molecule has 36 heavy (non-hydrogen) atoms. The van der Waals surface area contributed by atoms with Crippen molar-refractivity contribution < 1.29 is 9.47 Å². The predicted octanol–water partition coefficient (Wildman–Crippen LogP) is 6.95. The minimum absolute atomic E-state index is 0.318. The zero-order valence-corrected chi connectivity index (χ0v) is 21.1. The number of nitrogens with two attached hydrogens (primary N) is 1. The van der Waals surface area contributed by atoms with Crippen molar-refractivity contribution >= 4 is 29.1 Å². The Balaban J connectivity index is 1.66. The fraction of sp³-hybridized carbons (Fsp3) is 0.241. The highest BCUT2D eigenvalue weighted by Gasteiger charge is 2.26. The summed E-state index contributed by atoms with van der Waals surface area (Å²) in [6.07, 6.45) is 8.66. The number of rotatable bonds is 8. The lowest BCUT2D eigenvalue weighted by Crippen LogP contribution is -2.21. The van der Waals surface area contributed by atoms with Crippen LogP contribution in [0.3, 0.4) is 0 Å². The summed E-state index contributed by atoms with van der Waals surface area (Å²) >= 11 is 6.56. The van der Waals surface area contributed by atoms with Gasteiger partial charge in [-0.05, 0) is 66.9 Å². The van der Waals surface area contributed by atoms with Crippen LogP contribution < -0.4 is 20.5 Å². The molecule has 3 N–H and O–H groups in total. The van der Waals surface area contributed by atoms with Crippen molar-refractivity contribution in [2.24, 2.45) is 5.92 Å². The van der Waals surface area contributed by atoms with Gasteiger partial charge in [-0.2, -0.15) is 5.26 Å². The molecule has 1 aromatic heterocycles. The lowest BCUT2D eigenvalue weighted by atomic mass is 9.86. The Kier molecular flexibility index (Phi) is 8.14. The number of nitrogens with one attached hydrogen (secondary N) is 1. The van der Waals surface area contributed by atoms with Crippen LogP contribution >= 0.6 is 11.6 Å². The Morgan fingerprint density at radius 3 is 2.64 bits per heavy atom. The molecule has 3 aromatic rings. The summed E-state index contributed by atoms with van der Waals surface area (Å²) in [6.45, 7) is 4.84. The normalized spacial score (nSPS) is 19.0. The second-order valence-electron chi connectivity index (χ2n) is 8.41. The average Bonchev–Trinajstić information content (AvgIpc) is 2.88. The smallest absolute Gasteiger partial charge is 0.142 e. The number of anilines is 2. The van der Waals surface area contributed by atoms with E-state index in [9.17, 15) is 5.26 Å². The first-order valence-corrected chi connectivity index (χ1v) is 12.3. The third-order valence-corrected chi connectivity index (χ3v) is 6.29. The standard InChI is InChI=1S/C29H29ClN4O2/c1-3-19-8-9-20-14-28(35-4-2)26(32)16-24(20)29(21(13-19)17-31)34-22-10-11-27(25(30)15-22)36-18-23-7-5-6-12-33-23/h5-16,21,29,34H,3-4,18,32H2,1-2H3/b9-8+,19-13+. The van der Waals surface area contributed by atoms with Gasteiger partial charge in [0, 0.05) is 11.9 Å². The van der Waals surface area contributed by atoms with Crippen molar-refractivity contribution in [3.8, 4) is 17.6 Å². The van der Waals surface area contributed by atoms with Gasteiger partial charge in [-0.1, -0.05) is 48.4 Å². The van der Waals surface area contributed by atoms with E-state index in [2.05, 4.69) is 35.4 Å². The van der Waals surface area contributed by atoms with Crippen LogP contribution in [-0.4, -0.2) is 11.6 Å². The van der Waals surface area contributed by atoms with Gasteiger partial charge < -0.3 is 20.5 Å². The molecule has 1 aliphatic rings. The highest BCUT2D eigenvalue weighted by molar-refractivity contribution is 6.32. The van der Waals surface area contributed by atoms with Crippen LogP contribution in [-0.2, 0) is 6.61 Å². The lowest BCUT2D eigenvalue weighted by Gasteiger charge is -2.27. The van der Waals surface area contributed by atoms with E-state index in [0.29, 0.717) is 35.4 Å². The predicted molar refractivity (Wildman–Crippen MR) is 145 cm³/mol. The van der Waals surface area contributed by atoms with Gasteiger partial charge in [0.15, 0.2) is 0 Å². The minimum Gasteiger partial charge on any atom is -0.492 e. The highest BCUT2D eigenvalue weighted by Crippen LogP contribution is 2.39. The number of benzene rings is 2. The molecule has 0 saturated carbocycles. The summed E-state index contributed by atoms with van der Waals surface area (Å²) in [4.78, 5) is 4.27. The molecule has 0 spiro atoms. The molecule has 0 radical (unpaired) electrons. The first-order chi connectivity index (χ1) is 17.5. The Morgan fingerprint density at radius 1 is 1.08 bits per heavy atom. The van der Waals surface area contributed by atoms with Crippen LogP contribution in [0.1, 0.15) is 43.1 Å². The van der Waals surface area contributed by atoms with Crippen LogP contribution in [0.15, 0.2) is 72.5 Å². The number of pyridine rings is 1. The number of hydrogen-bond donors (Lipinski definition) is 2. The Morgan fingerprint density at radius 2 is 1.94 bits per heavy atom. The van der Waals surface area contributed by atoms with E-state index >= 15 is 0 Å². The number of halogens is 1. The quantitative estimate of drug-likeness (QED) is 0.325. The van der Waals surface area contributed by atoms with Gasteiger partial charge in [-0.25, -0.2) is 0 Å². The molecule has 0 aliphatic heterocycles. The van der Waals surface area contributed by atoms with Crippen LogP contribution in [0.5, 0.6) is 11.5 Å². The van der Waals surface area contributed by atoms with Crippen LogP contribution in [0.4, 0.5) is 11.4 Å². The number of allylic oxidation sites excluding steroid dienone is 2. The van der Waals surface area contributed by atoms with Gasteiger partial charge in [-0.3, -0.25) is 4.98 Å². The molecule has 2 unspecified atom stereocenters. The fourth-order valence-electron chi connectivity index (χ4n) is 4.13. The topological polar surface area (TPSA) is 93.2 Å². The second kappa shape index (κ2) is 11.7. The molecular formula is C29H29ClN4O2. The van der Waals surface area contributed by atoms with E-state index in [1.54, 1.807) is 12.3 Å². The highest BCUT2D eigenvalue weighted by atomic mass is 35.5. The van der Waals surface area contributed by atoms with E-state index in [1.807, 2.05) is 55.5 Å². The maximum absolute atomic E-state index is 10.1. The van der Waals surface area contributed by atoms with Crippen molar-refractivity contribution in [2.75, 3.05) is 17.7 Å². The summed E-state index contributed by atoms with van der Waals surface area (Å²) < 4.78 is 11.6. The summed E-state index contributed by atoms with van der Waals surface area (Å²) in [6, 6.07) is 17.1. The second-order valence-corrected chi connectivity index (χ2v) is 8.82. The number of nitrogen functional groups attached to an aromatic ring is 1. The summed E-state index contributed by atoms with van der Waals surface area (Å²) in [5.74, 6) is 0.762. The van der Waals surface area contributed by atoms with Crippen molar-refractivity contribution in [1.82, 2.24) is 4.98 Å². The van der Waals surface area contributed by atoms with E-state index < -0.39 is 5.92 Å². The molecule has 184 valence electrons. The van der Waals surface area contributed by atoms with Crippen LogP contribution in [0, 0.1) is 17.2 Å². The molecule has 1 aliphatic carbocycles. The van der Waals surface area contributed by atoms with E-state index in [-0.39, 0.29) is 6.04 Å². The fourth-order valence-corrected chi connectivity index (χ4v) is 4.37. The Bertz CT molecular complexity index is 1310. The molecule has 2 atom stereocenters. The zero-order valence-electron chi connectivity index (χ0n) is 20.4. The SMILES string of the molecule is CCOc1cc2c(cc1N)C(Nc1ccc(OCc3ccccn3)c(Cl)c1)C(C#N)/C=C(CC)/C=C/2. The largest absolute Gasteiger partial charge is 0.492 e. The van der Waals surface area contributed by atoms with Crippen LogP contribution in [0.25, 0.3) is 6.08 Å². The number of fused-ring (bicyclic) bond motifs is 1. The van der Waals surface area contributed by atoms with Crippen molar-refractivity contribution in [3.05, 3.63) is 94.3 Å². The average molecular weight is 501 g/mol. The molecule has 6 nitrogen and oxygen atoms in total. The molecule has 7 heteroatoms. The van der Waals surface area contributed by atoms with Crippen LogP contribution in [0.2, 0.25) is 5.02 Å². The van der Waals surface area contributed by atoms with Crippen molar-refractivity contribution in [2.45, 2.75) is 32.9 Å². The number of ether oxygens (including phenoxy) is 2. The number of nitriles is 1. The van der Waals surface area contributed by atoms with E-state index in [4.69, 9.17) is 26.8 Å². The maximum atomic E-state index is 10.1. The minimum atomic E-state index is -0.431. The van der Waals surface area contributed by atoms with E-state index in [1.165, 1.54) is 0 Å². The molecule has 0 fully saturated rings. The maximum Gasteiger partial charge on any atom is 0.142 e. The van der Waals surface area contributed by atoms with Gasteiger partial charge in [0.2, 0.25) is 0 Å². The first kappa shape index (κ1) is 25.2. The lowest BCUT2D eigenvalue weighted by molar-refractivity contribution is 0.301. The van der Waals surface area contributed by atoms with Gasteiger partial charge in [-0.15, -0.1) is 0 Å². The molecule has 0 bridgehead atoms. The monoisotopic (exact) mass is 500 g/mol. The summed E-state index contributed by atoms with van der Waals surface area (Å²) in [5.41, 5.74) is 11.4. The molecule has 1 heterocycles. The first-order valence-electron chi connectivity index (χ1n) is 12.0. The third kappa shape index (κ3) is 5.81. The number of hydrogen-bond acceptors (Lipinski definition) is 6. The Hall–Kier alpha value is -3.95. The zero-order chi connectivity index (χ0) is 25.5. The number of nitrogens with zero attached hydrogens (tertiary/aromatic N) is 2.